The third kappa shape index (κ3) is 3.18. The molecule has 7 nitrogen and oxygen atoms in total. The molecule has 2 aromatic carbocycles. The van der Waals surface area contributed by atoms with E-state index in [0.29, 0.717) is 17.6 Å². The normalized spacial score (nSPS) is 13.4. The number of carbonyl (C=O) groups is 1. The Kier molecular flexibility index (Phi) is 4.43. The lowest BCUT2D eigenvalue weighted by Crippen LogP contribution is -2.28. The van der Waals surface area contributed by atoms with Crippen LogP contribution >= 0.6 is 0 Å². The van der Waals surface area contributed by atoms with Gasteiger partial charge in [-0.3, -0.25) is 4.79 Å². The van der Waals surface area contributed by atoms with Crippen LogP contribution < -0.4 is 9.64 Å². The largest absolute Gasteiger partial charge is 0.481 e. The minimum atomic E-state index is 0.118. The molecule has 150 valence electrons. The molecule has 0 saturated heterocycles. The van der Waals surface area contributed by atoms with Gasteiger partial charge in [0.1, 0.15) is 0 Å². The second kappa shape index (κ2) is 7.26. The molecule has 2 aromatic heterocycles. The number of aromatic nitrogens is 3. The maximum absolute atomic E-state index is 12.6. The van der Waals surface area contributed by atoms with Crippen molar-refractivity contribution in [1.29, 1.82) is 0 Å². The SMILES string of the molecule is COc1cc(-c2noc(-c3ccccc3N(C)C(=O)C3CC3)n2)c2ccccc2n1. The topological polar surface area (TPSA) is 81.4 Å². The van der Waals surface area contributed by atoms with E-state index in [2.05, 4.69) is 15.1 Å². The van der Waals surface area contributed by atoms with Crippen LogP contribution in [0.4, 0.5) is 5.69 Å². The lowest BCUT2D eigenvalue weighted by Gasteiger charge is -2.19. The van der Waals surface area contributed by atoms with Crippen LogP contribution in [0.2, 0.25) is 0 Å². The first-order valence-electron chi connectivity index (χ1n) is 9.80. The molecule has 1 amide bonds. The summed E-state index contributed by atoms with van der Waals surface area (Å²) in [6, 6.07) is 17.1. The average molecular weight is 400 g/mol. The fourth-order valence-corrected chi connectivity index (χ4v) is 3.55. The third-order valence-electron chi connectivity index (χ3n) is 5.32. The number of hydrogen-bond donors (Lipinski definition) is 0. The summed E-state index contributed by atoms with van der Waals surface area (Å²) in [5.74, 6) is 1.51. The molecule has 2 heterocycles. The second-order valence-electron chi connectivity index (χ2n) is 7.34. The van der Waals surface area contributed by atoms with Crippen molar-refractivity contribution in [3.63, 3.8) is 0 Å². The number of benzene rings is 2. The van der Waals surface area contributed by atoms with Crippen LogP contribution in [0.3, 0.4) is 0 Å². The molecule has 7 heteroatoms. The Morgan fingerprint density at radius 2 is 1.83 bits per heavy atom. The molecule has 1 aliphatic rings. The Hall–Kier alpha value is -3.74. The zero-order valence-electron chi connectivity index (χ0n) is 16.7. The van der Waals surface area contributed by atoms with Crippen molar-refractivity contribution in [2.45, 2.75) is 12.8 Å². The van der Waals surface area contributed by atoms with Crippen molar-refractivity contribution in [2.24, 2.45) is 5.92 Å². The van der Waals surface area contributed by atoms with E-state index in [1.807, 2.05) is 48.5 Å². The smallest absolute Gasteiger partial charge is 0.260 e. The highest BCUT2D eigenvalue weighted by Gasteiger charge is 2.33. The summed E-state index contributed by atoms with van der Waals surface area (Å²) in [6.07, 6.45) is 1.90. The summed E-state index contributed by atoms with van der Waals surface area (Å²) in [7, 11) is 3.36. The van der Waals surface area contributed by atoms with Gasteiger partial charge in [0.2, 0.25) is 17.6 Å². The van der Waals surface area contributed by atoms with E-state index in [9.17, 15) is 4.79 Å². The lowest BCUT2D eigenvalue weighted by molar-refractivity contribution is -0.119. The van der Waals surface area contributed by atoms with Gasteiger partial charge in [-0.15, -0.1) is 0 Å². The van der Waals surface area contributed by atoms with Crippen LogP contribution in [0.5, 0.6) is 5.88 Å². The number of anilines is 1. The molecule has 30 heavy (non-hydrogen) atoms. The highest BCUT2D eigenvalue weighted by Crippen LogP contribution is 2.36. The predicted octanol–water partition coefficient (Wildman–Crippen LogP) is 4.33. The number of nitrogens with zero attached hydrogens (tertiary/aromatic N) is 4. The number of hydrogen-bond acceptors (Lipinski definition) is 6. The van der Waals surface area contributed by atoms with E-state index in [4.69, 9.17) is 9.26 Å². The molecule has 5 rings (SSSR count). The number of amides is 1. The van der Waals surface area contributed by atoms with Crippen LogP contribution in [-0.4, -0.2) is 35.2 Å². The monoisotopic (exact) mass is 400 g/mol. The van der Waals surface area contributed by atoms with Crippen molar-refractivity contribution >= 4 is 22.5 Å². The molecular formula is C23H20N4O3. The van der Waals surface area contributed by atoms with E-state index in [1.54, 1.807) is 25.1 Å². The summed E-state index contributed by atoms with van der Waals surface area (Å²) >= 11 is 0. The molecule has 0 unspecified atom stereocenters. The minimum Gasteiger partial charge on any atom is -0.481 e. The summed E-state index contributed by atoms with van der Waals surface area (Å²) < 4.78 is 11.0. The molecule has 0 spiro atoms. The Morgan fingerprint density at radius 1 is 1.07 bits per heavy atom. The number of ether oxygens (including phenoxy) is 1. The summed E-state index contributed by atoms with van der Waals surface area (Å²) in [6.45, 7) is 0. The molecule has 1 saturated carbocycles. The van der Waals surface area contributed by atoms with Crippen LogP contribution in [0.25, 0.3) is 33.7 Å². The Morgan fingerprint density at radius 3 is 2.63 bits per heavy atom. The maximum Gasteiger partial charge on any atom is 0.260 e. The van der Waals surface area contributed by atoms with Gasteiger partial charge in [0.15, 0.2) is 0 Å². The fourth-order valence-electron chi connectivity index (χ4n) is 3.55. The first kappa shape index (κ1) is 18.3. The Balaban J connectivity index is 1.58. The van der Waals surface area contributed by atoms with Gasteiger partial charge in [-0.05, 0) is 31.0 Å². The predicted molar refractivity (Wildman–Crippen MR) is 113 cm³/mol. The standard InChI is InChI=1S/C23H20N4O3/c1-27(23(28)14-11-12-14)19-10-6-4-8-16(19)22-25-21(26-30-22)17-13-20(29-2)24-18-9-5-3-7-15(17)18/h3-10,13-14H,11-12H2,1-2H3. The summed E-state index contributed by atoms with van der Waals surface area (Å²) in [5, 5.41) is 5.11. The number of methoxy groups -OCH3 is 1. The van der Waals surface area contributed by atoms with Gasteiger partial charge in [-0.25, -0.2) is 4.98 Å². The minimum absolute atomic E-state index is 0.118. The summed E-state index contributed by atoms with van der Waals surface area (Å²) in [5.41, 5.74) is 3.03. The van der Waals surface area contributed by atoms with Crippen LogP contribution in [0.15, 0.2) is 59.1 Å². The fraction of sp³-hybridized carbons (Fsp3) is 0.217. The van der Waals surface area contributed by atoms with Crippen molar-refractivity contribution in [3.8, 4) is 28.7 Å². The molecule has 0 bridgehead atoms. The first-order valence-corrected chi connectivity index (χ1v) is 9.80. The molecule has 1 aliphatic carbocycles. The number of para-hydroxylation sites is 2. The van der Waals surface area contributed by atoms with Gasteiger partial charge in [-0.1, -0.05) is 35.5 Å². The van der Waals surface area contributed by atoms with Gasteiger partial charge in [0.25, 0.3) is 5.89 Å². The average Bonchev–Trinajstić information content (AvgIpc) is 3.54. The van der Waals surface area contributed by atoms with E-state index >= 15 is 0 Å². The van der Waals surface area contributed by atoms with Crippen molar-refractivity contribution in [1.82, 2.24) is 15.1 Å². The van der Waals surface area contributed by atoms with E-state index < -0.39 is 0 Å². The number of carbonyl (C=O) groups excluding carboxylic acids is 1. The first-order chi connectivity index (χ1) is 14.7. The number of pyridine rings is 1. The summed E-state index contributed by atoms with van der Waals surface area (Å²) in [4.78, 5) is 23.4. The second-order valence-corrected chi connectivity index (χ2v) is 7.34. The van der Waals surface area contributed by atoms with Crippen LogP contribution in [0.1, 0.15) is 12.8 Å². The highest BCUT2D eigenvalue weighted by molar-refractivity contribution is 5.99. The third-order valence-corrected chi connectivity index (χ3v) is 5.32. The number of fused-ring (bicyclic) bond motifs is 1. The zero-order valence-corrected chi connectivity index (χ0v) is 16.7. The molecule has 0 aliphatic heterocycles. The Bertz CT molecular complexity index is 1250. The van der Waals surface area contributed by atoms with Crippen molar-refractivity contribution < 1.29 is 14.1 Å². The van der Waals surface area contributed by atoms with E-state index in [0.717, 1.165) is 40.6 Å². The molecule has 0 N–H and O–H groups in total. The van der Waals surface area contributed by atoms with Gasteiger partial charge in [-0.2, -0.15) is 4.98 Å². The zero-order chi connectivity index (χ0) is 20.7. The molecule has 0 radical (unpaired) electrons. The highest BCUT2D eigenvalue weighted by atomic mass is 16.5. The molecule has 0 atom stereocenters. The molecule has 4 aromatic rings. The van der Waals surface area contributed by atoms with Gasteiger partial charge >= 0.3 is 0 Å². The van der Waals surface area contributed by atoms with Crippen LogP contribution in [-0.2, 0) is 4.79 Å². The molecular weight excluding hydrogens is 380 g/mol. The van der Waals surface area contributed by atoms with Gasteiger partial charge in [0.05, 0.1) is 23.9 Å². The van der Waals surface area contributed by atoms with Crippen molar-refractivity contribution in [3.05, 3.63) is 54.6 Å². The Labute approximate surface area is 173 Å². The van der Waals surface area contributed by atoms with Crippen LogP contribution in [0, 0.1) is 5.92 Å². The number of rotatable bonds is 5. The maximum atomic E-state index is 12.6. The lowest BCUT2D eigenvalue weighted by atomic mass is 10.1. The van der Waals surface area contributed by atoms with Gasteiger partial charge in [0, 0.05) is 30.0 Å². The van der Waals surface area contributed by atoms with E-state index in [1.165, 1.54) is 0 Å². The quantitative estimate of drug-likeness (QED) is 0.496. The molecule has 1 fully saturated rings. The van der Waals surface area contributed by atoms with Gasteiger partial charge < -0.3 is 14.2 Å². The van der Waals surface area contributed by atoms with E-state index in [-0.39, 0.29) is 11.8 Å². The van der Waals surface area contributed by atoms with Crippen molar-refractivity contribution in [2.75, 3.05) is 19.1 Å².